The summed E-state index contributed by atoms with van der Waals surface area (Å²) in [6.45, 7) is 3.63. The van der Waals surface area contributed by atoms with E-state index in [1.165, 1.54) is 18.4 Å². The molecule has 1 aliphatic rings. The Morgan fingerprint density at radius 2 is 2.50 bits per heavy atom. The van der Waals surface area contributed by atoms with Crippen LogP contribution in [0.4, 0.5) is 0 Å². The van der Waals surface area contributed by atoms with Crippen LogP contribution in [0.5, 0.6) is 0 Å². The van der Waals surface area contributed by atoms with Crippen LogP contribution in [0.15, 0.2) is 9.66 Å². The Bertz CT molecular complexity index is 151. The molecule has 70 valence electrons. The fraction of sp³-hybridized carbons (Fsp3) is 0.778. The molecule has 0 aromatic rings. The van der Waals surface area contributed by atoms with E-state index in [1.807, 2.05) is 4.08 Å². The molecule has 1 saturated heterocycles. The summed E-state index contributed by atoms with van der Waals surface area (Å²) in [5, 5.41) is 0. The lowest BCUT2D eigenvalue weighted by molar-refractivity contribution is -0.156. The summed E-state index contributed by atoms with van der Waals surface area (Å²) in [4.78, 5) is 0. The van der Waals surface area contributed by atoms with Gasteiger partial charge in [0.15, 0.2) is 6.29 Å². The minimum atomic E-state index is 0.0463. The van der Waals surface area contributed by atoms with Gasteiger partial charge in [0.2, 0.25) is 0 Å². The largest absolute Gasteiger partial charge is 0.353 e. The average Bonchev–Trinajstić information content (AvgIpc) is 2.16. The zero-order chi connectivity index (χ0) is 8.81. The van der Waals surface area contributed by atoms with Gasteiger partial charge in [-0.3, -0.25) is 0 Å². The van der Waals surface area contributed by atoms with E-state index in [9.17, 15) is 0 Å². The van der Waals surface area contributed by atoms with Gasteiger partial charge in [-0.15, -0.1) is 0 Å². The molecule has 3 heteroatoms. The van der Waals surface area contributed by atoms with Crippen molar-refractivity contribution in [3.63, 3.8) is 0 Å². The SMILES string of the molecule is C/C(=C/I)CO[C@@H]1CCCCO1. The van der Waals surface area contributed by atoms with E-state index in [0.717, 1.165) is 13.0 Å². The van der Waals surface area contributed by atoms with Crippen LogP contribution in [-0.4, -0.2) is 19.5 Å². The Balaban J connectivity index is 2.13. The number of rotatable bonds is 3. The van der Waals surface area contributed by atoms with Crippen LogP contribution in [0.1, 0.15) is 26.2 Å². The maximum Gasteiger partial charge on any atom is 0.158 e. The molecule has 0 aromatic carbocycles. The molecule has 1 aliphatic heterocycles. The van der Waals surface area contributed by atoms with Crippen LogP contribution < -0.4 is 0 Å². The third-order valence-corrected chi connectivity index (χ3v) is 2.88. The first-order valence-electron chi connectivity index (χ1n) is 4.32. The lowest BCUT2D eigenvalue weighted by Crippen LogP contribution is -2.22. The minimum absolute atomic E-state index is 0.0463. The van der Waals surface area contributed by atoms with Crippen LogP contribution in [0.25, 0.3) is 0 Å². The second kappa shape index (κ2) is 5.94. The second-order valence-electron chi connectivity index (χ2n) is 3.06. The highest BCUT2D eigenvalue weighted by molar-refractivity contribution is 14.1. The summed E-state index contributed by atoms with van der Waals surface area (Å²) in [5.74, 6) is 0. The standard InChI is InChI=1S/C9H15IO2/c1-8(6-10)7-12-9-4-2-3-5-11-9/h6,9H,2-5,7H2,1H3/b8-6-/t9-/m1/s1. The predicted molar refractivity (Wildman–Crippen MR) is 57.3 cm³/mol. The lowest BCUT2D eigenvalue weighted by atomic mass is 10.2. The van der Waals surface area contributed by atoms with Crippen LogP contribution in [0.2, 0.25) is 0 Å². The van der Waals surface area contributed by atoms with Gasteiger partial charge in [-0.1, -0.05) is 22.6 Å². The van der Waals surface area contributed by atoms with Crippen molar-refractivity contribution < 1.29 is 9.47 Å². The molecular weight excluding hydrogens is 267 g/mol. The molecule has 0 aliphatic carbocycles. The highest BCUT2D eigenvalue weighted by atomic mass is 127. The Hall–Kier alpha value is 0.390. The van der Waals surface area contributed by atoms with E-state index in [2.05, 4.69) is 29.5 Å². The summed E-state index contributed by atoms with van der Waals surface area (Å²) >= 11 is 2.22. The molecule has 1 fully saturated rings. The molecule has 0 amide bonds. The molecule has 0 saturated carbocycles. The van der Waals surface area contributed by atoms with Crippen LogP contribution in [0.3, 0.4) is 0 Å². The second-order valence-corrected chi connectivity index (χ2v) is 3.69. The fourth-order valence-electron chi connectivity index (χ4n) is 1.10. The summed E-state index contributed by atoms with van der Waals surface area (Å²) in [6.07, 6.45) is 3.51. The predicted octanol–water partition coefficient (Wildman–Crippen LogP) is 2.87. The van der Waals surface area contributed by atoms with Crippen molar-refractivity contribution in [2.45, 2.75) is 32.5 Å². The molecule has 1 rings (SSSR count). The Labute approximate surface area is 87.5 Å². The summed E-state index contributed by atoms with van der Waals surface area (Å²) in [5.41, 5.74) is 1.25. The molecule has 0 unspecified atom stereocenters. The van der Waals surface area contributed by atoms with Crippen molar-refractivity contribution in [2.75, 3.05) is 13.2 Å². The third-order valence-electron chi connectivity index (χ3n) is 1.82. The summed E-state index contributed by atoms with van der Waals surface area (Å²) < 4.78 is 13.0. The first-order chi connectivity index (χ1) is 5.83. The van der Waals surface area contributed by atoms with Crippen molar-refractivity contribution in [3.8, 4) is 0 Å². The molecule has 0 N–H and O–H groups in total. The van der Waals surface area contributed by atoms with Gasteiger partial charge < -0.3 is 9.47 Å². The highest BCUT2D eigenvalue weighted by Crippen LogP contribution is 2.14. The van der Waals surface area contributed by atoms with Gasteiger partial charge in [0.25, 0.3) is 0 Å². The summed E-state index contributed by atoms with van der Waals surface area (Å²) in [7, 11) is 0. The minimum Gasteiger partial charge on any atom is -0.353 e. The molecule has 0 radical (unpaired) electrons. The van der Waals surface area contributed by atoms with Crippen molar-refractivity contribution >= 4 is 22.6 Å². The summed E-state index contributed by atoms with van der Waals surface area (Å²) in [6, 6.07) is 0. The zero-order valence-electron chi connectivity index (χ0n) is 7.38. The Kier molecular flexibility index (Phi) is 5.18. The van der Waals surface area contributed by atoms with Crippen molar-refractivity contribution in [2.24, 2.45) is 0 Å². The first kappa shape index (κ1) is 10.5. The van der Waals surface area contributed by atoms with Crippen molar-refractivity contribution in [1.82, 2.24) is 0 Å². The van der Waals surface area contributed by atoms with Gasteiger partial charge in [0.05, 0.1) is 6.61 Å². The highest BCUT2D eigenvalue weighted by Gasteiger charge is 2.13. The Morgan fingerprint density at radius 1 is 1.67 bits per heavy atom. The smallest absolute Gasteiger partial charge is 0.158 e. The van der Waals surface area contributed by atoms with E-state index in [1.54, 1.807) is 0 Å². The topological polar surface area (TPSA) is 18.5 Å². The monoisotopic (exact) mass is 282 g/mol. The molecule has 1 heterocycles. The number of hydrogen-bond acceptors (Lipinski definition) is 2. The van der Waals surface area contributed by atoms with E-state index >= 15 is 0 Å². The van der Waals surface area contributed by atoms with Gasteiger partial charge in [0.1, 0.15) is 0 Å². The van der Waals surface area contributed by atoms with Crippen molar-refractivity contribution in [3.05, 3.63) is 9.66 Å². The van der Waals surface area contributed by atoms with E-state index in [-0.39, 0.29) is 6.29 Å². The van der Waals surface area contributed by atoms with Gasteiger partial charge in [-0.25, -0.2) is 0 Å². The molecule has 0 aromatic heterocycles. The van der Waals surface area contributed by atoms with Crippen LogP contribution in [-0.2, 0) is 9.47 Å². The van der Waals surface area contributed by atoms with Gasteiger partial charge in [0, 0.05) is 6.61 Å². The number of ether oxygens (including phenoxy) is 2. The van der Waals surface area contributed by atoms with E-state index in [0.29, 0.717) is 6.61 Å². The van der Waals surface area contributed by atoms with Gasteiger partial charge >= 0.3 is 0 Å². The molecule has 12 heavy (non-hydrogen) atoms. The maximum absolute atomic E-state index is 5.54. The Morgan fingerprint density at radius 3 is 3.08 bits per heavy atom. The van der Waals surface area contributed by atoms with Crippen LogP contribution in [0, 0.1) is 0 Å². The van der Waals surface area contributed by atoms with E-state index in [4.69, 9.17) is 9.47 Å². The fourth-order valence-corrected chi connectivity index (χ4v) is 1.28. The quantitative estimate of drug-likeness (QED) is 0.741. The lowest BCUT2D eigenvalue weighted by Gasteiger charge is -2.22. The van der Waals surface area contributed by atoms with E-state index < -0.39 is 0 Å². The molecule has 1 atom stereocenters. The molecule has 2 nitrogen and oxygen atoms in total. The molecule has 0 spiro atoms. The normalized spacial score (nSPS) is 25.8. The first-order valence-corrected chi connectivity index (χ1v) is 5.56. The zero-order valence-corrected chi connectivity index (χ0v) is 9.54. The van der Waals surface area contributed by atoms with Crippen LogP contribution >= 0.6 is 22.6 Å². The molecule has 0 bridgehead atoms. The molecular formula is C9H15IO2. The number of halogens is 1. The van der Waals surface area contributed by atoms with Gasteiger partial charge in [-0.2, -0.15) is 0 Å². The third kappa shape index (κ3) is 3.87. The van der Waals surface area contributed by atoms with Crippen molar-refractivity contribution in [1.29, 1.82) is 0 Å². The van der Waals surface area contributed by atoms with Gasteiger partial charge in [-0.05, 0) is 35.8 Å². The average molecular weight is 282 g/mol. The number of hydrogen-bond donors (Lipinski definition) is 0. The maximum atomic E-state index is 5.54.